The van der Waals surface area contributed by atoms with Gasteiger partial charge in [0.1, 0.15) is 17.2 Å². The van der Waals surface area contributed by atoms with E-state index >= 15 is 4.39 Å². The minimum Gasteiger partial charge on any atom is -0.477 e. The van der Waals surface area contributed by atoms with Crippen LogP contribution in [0, 0.1) is 35.0 Å². The van der Waals surface area contributed by atoms with Crippen LogP contribution in [0.15, 0.2) is 42.5 Å². The monoisotopic (exact) mass is 488 g/mol. The van der Waals surface area contributed by atoms with Crippen molar-refractivity contribution in [3.05, 3.63) is 82.7 Å². The summed E-state index contributed by atoms with van der Waals surface area (Å²) in [5.41, 5.74) is -0.873. The molecule has 1 aliphatic carbocycles. The van der Waals surface area contributed by atoms with E-state index in [-0.39, 0.29) is 5.56 Å². The third-order valence-corrected chi connectivity index (χ3v) is 6.94. The quantitative estimate of drug-likeness (QED) is 0.279. The molecule has 1 saturated carbocycles. The molecule has 0 spiro atoms. The largest absolute Gasteiger partial charge is 0.477 e. The van der Waals surface area contributed by atoms with Crippen molar-refractivity contribution < 1.29 is 31.9 Å². The van der Waals surface area contributed by atoms with Gasteiger partial charge in [-0.2, -0.15) is 0 Å². The fourth-order valence-electron chi connectivity index (χ4n) is 5.15. The molecule has 0 radical (unpaired) electrons. The summed E-state index contributed by atoms with van der Waals surface area (Å²) in [6, 6.07) is 8.98. The van der Waals surface area contributed by atoms with Crippen molar-refractivity contribution in [3.63, 3.8) is 0 Å². The van der Waals surface area contributed by atoms with Crippen LogP contribution in [-0.2, 0) is 0 Å². The molecule has 0 heterocycles. The molecule has 1 fully saturated rings. The molecule has 1 N–H and O–H groups in total. The molecule has 1 aliphatic rings. The van der Waals surface area contributed by atoms with E-state index in [0.29, 0.717) is 23.6 Å². The number of halogens is 5. The van der Waals surface area contributed by atoms with Crippen LogP contribution in [0.3, 0.4) is 0 Å². The van der Waals surface area contributed by atoms with Crippen molar-refractivity contribution in [3.8, 4) is 22.3 Å². The highest BCUT2D eigenvalue weighted by atomic mass is 19.2. The zero-order valence-electron chi connectivity index (χ0n) is 19.2. The third kappa shape index (κ3) is 4.95. The van der Waals surface area contributed by atoms with Gasteiger partial charge in [0.25, 0.3) is 0 Å². The molecule has 2 nitrogen and oxygen atoms in total. The van der Waals surface area contributed by atoms with Crippen LogP contribution in [0.5, 0.6) is 0 Å². The van der Waals surface area contributed by atoms with Gasteiger partial charge in [0.15, 0.2) is 17.5 Å². The SMILES string of the molecule is CCC[C@H]1CC[C@H](c2ccc(-c3cc(F)c(C(=O)O)c(F)c3-c3cc(F)c(F)c(F)c3)cc2)CC1. The second-order valence-corrected chi connectivity index (χ2v) is 9.16. The van der Waals surface area contributed by atoms with Crippen molar-refractivity contribution in [2.45, 2.75) is 51.4 Å². The van der Waals surface area contributed by atoms with Gasteiger partial charge in [0.2, 0.25) is 0 Å². The normalized spacial score (nSPS) is 18.0. The van der Waals surface area contributed by atoms with Gasteiger partial charge in [0, 0.05) is 5.56 Å². The minimum atomic E-state index is -1.87. The second kappa shape index (κ2) is 10.2. The Hall–Kier alpha value is -3.22. The van der Waals surface area contributed by atoms with Crippen LogP contribution in [0.1, 0.15) is 67.3 Å². The molecule has 0 aliphatic heterocycles. The number of carboxylic acids is 1. The molecular weight excluding hydrogens is 463 g/mol. The highest BCUT2D eigenvalue weighted by molar-refractivity contribution is 5.94. The summed E-state index contributed by atoms with van der Waals surface area (Å²) >= 11 is 0. The molecule has 0 atom stereocenters. The smallest absolute Gasteiger partial charge is 0.341 e. The second-order valence-electron chi connectivity index (χ2n) is 9.16. The molecule has 184 valence electrons. The van der Waals surface area contributed by atoms with Crippen LogP contribution in [0.2, 0.25) is 0 Å². The Morgan fingerprint density at radius 2 is 1.43 bits per heavy atom. The number of carbonyl (C=O) groups is 1. The lowest BCUT2D eigenvalue weighted by atomic mass is 9.77. The van der Waals surface area contributed by atoms with E-state index in [1.54, 1.807) is 12.1 Å². The van der Waals surface area contributed by atoms with E-state index < -0.39 is 51.7 Å². The number of carboxylic acid groups (broad SMARTS) is 1. The lowest BCUT2D eigenvalue weighted by Gasteiger charge is -2.28. The number of aromatic carboxylic acids is 1. The van der Waals surface area contributed by atoms with Crippen molar-refractivity contribution >= 4 is 5.97 Å². The van der Waals surface area contributed by atoms with Crippen LogP contribution in [0.4, 0.5) is 22.0 Å². The van der Waals surface area contributed by atoms with Crippen molar-refractivity contribution in [2.75, 3.05) is 0 Å². The fraction of sp³-hybridized carbons (Fsp3) is 0.321. The van der Waals surface area contributed by atoms with E-state index in [0.717, 1.165) is 43.2 Å². The van der Waals surface area contributed by atoms with Crippen LogP contribution in [-0.4, -0.2) is 11.1 Å². The topological polar surface area (TPSA) is 37.3 Å². The number of hydrogen-bond acceptors (Lipinski definition) is 1. The first-order valence-corrected chi connectivity index (χ1v) is 11.7. The van der Waals surface area contributed by atoms with Gasteiger partial charge in [0.05, 0.1) is 0 Å². The summed E-state index contributed by atoms with van der Waals surface area (Å²) in [6.45, 7) is 2.18. The fourth-order valence-corrected chi connectivity index (χ4v) is 5.15. The zero-order valence-corrected chi connectivity index (χ0v) is 19.2. The van der Waals surface area contributed by atoms with E-state index in [1.165, 1.54) is 12.8 Å². The average molecular weight is 488 g/mol. The first-order chi connectivity index (χ1) is 16.7. The van der Waals surface area contributed by atoms with E-state index in [9.17, 15) is 27.5 Å². The maximum absolute atomic E-state index is 15.3. The highest BCUT2D eigenvalue weighted by Crippen LogP contribution is 2.41. The van der Waals surface area contributed by atoms with Gasteiger partial charge >= 0.3 is 5.97 Å². The molecule has 0 bridgehead atoms. The van der Waals surface area contributed by atoms with E-state index in [2.05, 4.69) is 6.92 Å². The first kappa shape index (κ1) is 24.9. The molecule has 35 heavy (non-hydrogen) atoms. The van der Waals surface area contributed by atoms with Crippen LogP contribution >= 0.6 is 0 Å². The van der Waals surface area contributed by atoms with Crippen LogP contribution < -0.4 is 0 Å². The zero-order chi connectivity index (χ0) is 25.3. The van der Waals surface area contributed by atoms with Gasteiger partial charge in [-0.1, -0.05) is 44.0 Å². The molecular formula is C28H25F5O2. The Kier molecular flexibility index (Phi) is 7.24. The summed E-state index contributed by atoms with van der Waals surface area (Å²) in [6.07, 6.45) is 6.81. The van der Waals surface area contributed by atoms with Crippen molar-refractivity contribution in [1.82, 2.24) is 0 Å². The Morgan fingerprint density at radius 1 is 0.829 bits per heavy atom. The third-order valence-electron chi connectivity index (χ3n) is 6.94. The maximum atomic E-state index is 15.3. The number of rotatable bonds is 6. The number of hydrogen-bond donors (Lipinski definition) is 1. The summed E-state index contributed by atoms with van der Waals surface area (Å²) in [5.74, 6) is -8.44. The van der Waals surface area contributed by atoms with Gasteiger partial charge in [-0.3, -0.25) is 0 Å². The number of benzene rings is 3. The molecule has 0 amide bonds. The summed E-state index contributed by atoms with van der Waals surface area (Å²) in [7, 11) is 0. The molecule has 0 saturated heterocycles. The molecule has 4 rings (SSSR count). The van der Waals surface area contributed by atoms with Crippen LogP contribution in [0.25, 0.3) is 22.3 Å². The van der Waals surface area contributed by atoms with Gasteiger partial charge in [-0.25, -0.2) is 26.7 Å². The van der Waals surface area contributed by atoms with Gasteiger partial charge in [-0.05, 0) is 78.0 Å². The molecule has 0 unspecified atom stereocenters. The van der Waals surface area contributed by atoms with E-state index in [4.69, 9.17) is 0 Å². The standard InChI is InChI=1S/C28H25F5O2/c1-2-3-15-4-6-16(7-5-15)17-8-10-18(11-9-17)20-14-21(29)25(28(34)35)27(33)24(20)19-12-22(30)26(32)23(31)13-19/h8-16H,2-7H2,1H3,(H,34,35)/t15-,16-. The summed E-state index contributed by atoms with van der Waals surface area (Å²) in [5, 5.41) is 9.28. The maximum Gasteiger partial charge on any atom is 0.341 e. The lowest BCUT2D eigenvalue weighted by molar-refractivity contribution is 0.0686. The van der Waals surface area contributed by atoms with Gasteiger partial charge in [-0.15, -0.1) is 0 Å². The first-order valence-electron chi connectivity index (χ1n) is 11.7. The van der Waals surface area contributed by atoms with Gasteiger partial charge < -0.3 is 5.11 Å². The highest BCUT2D eigenvalue weighted by Gasteiger charge is 2.27. The van der Waals surface area contributed by atoms with Crippen molar-refractivity contribution in [1.29, 1.82) is 0 Å². The molecule has 7 heteroatoms. The Bertz CT molecular complexity index is 1220. The predicted molar refractivity (Wildman–Crippen MR) is 124 cm³/mol. The molecule has 3 aromatic rings. The summed E-state index contributed by atoms with van der Waals surface area (Å²) < 4.78 is 71.3. The molecule has 0 aromatic heterocycles. The average Bonchev–Trinajstić information content (AvgIpc) is 2.82. The Morgan fingerprint density at radius 3 is 1.97 bits per heavy atom. The predicted octanol–water partition coefficient (Wildman–Crippen LogP) is 8.49. The summed E-state index contributed by atoms with van der Waals surface area (Å²) in [4.78, 5) is 11.5. The van der Waals surface area contributed by atoms with E-state index in [1.807, 2.05) is 12.1 Å². The lowest BCUT2D eigenvalue weighted by Crippen LogP contribution is -2.13. The van der Waals surface area contributed by atoms with Crippen molar-refractivity contribution in [2.24, 2.45) is 5.92 Å². The minimum absolute atomic E-state index is 0.0892. The molecule has 3 aromatic carbocycles. The Labute approximate surface area is 200 Å². The Balaban J connectivity index is 1.77.